The number of hydrogen-bond acceptors (Lipinski definition) is 3. The summed E-state index contributed by atoms with van der Waals surface area (Å²) in [5, 5.41) is 14.2. The minimum atomic E-state index is -0.894. The SMILES string of the molecule is CCCC(CC(=O)O)NC(=O)NCCOC1CCCCC1. The number of rotatable bonds is 9. The Morgan fingerprint density at radius 2 is 2.00 bits per heavy atom. The van der Waals surface area contributed by atoms with E-state index in [-0.39, 0.29) is 18.5 Å². The molecule has 6 nitrogen and oxygen atoms in total. The fraction of sp³-hybridized carbons (Fsp3) is 0.867. The van der Waals surface area contributed by atoms with E-state index in [9.17, 15) is 9.59 Å². The highest BCUT2D eigenvalue weighted by Gasteiger charge is 2.15. The zero-order valence-corrected chi connectivity index (χ0v) is 12.9. The maximum atomic E-state index is 11.7. The molecule has 1 aliphatic carbocycles. The van der Waals surface area contributed by atoms with E-state index in [1.165, 1.54) is 19.3 Å². The van der Waals surface area contributed by atoms with Crippen LogP contribution in [0.1, 0.15) is 58.3 Å². The van der Waals surface area contributed by atoms with Crippen molar-refractivity contribution in [3.63, 3.8) is 0 Å². The number of carbonyl (C=O) groups excluding carboxylic acids is 1. The van der Waals surface area contributed by atoms with E-state index in [4.69, 9.17) is 9.84 Å². The summed E-state index contributed by atoms with van der Waals surface area (Å²) in [6.07, 6.45) is 7.78. The number of nitrogens with one attached hydrogen (secondary N) is 2. The Hall–Kier alpha value is -1.30. The van der Waals surface area contributed by atoms with Gasteiger partial charge in [-0.2, -0.15) is 0 Å². The summed E-state index contributed by atoms with van der Waals surface area (Å²) in [4.78, 5) is 22.4. The van der Waals surface area contributed by atoms with Crippen LogP contribution < -0.4 is 10.6 Å². The van der Waals surface area contributed by atoms with Gasteiger partial charge in [-0.05, 0) is 19.3 Å². The second kappa shape index (κ2) is 10.4. The monoisotopic (exact) mass is 300 g/mol. The van der Waals surface area contributed by atoms with E-state index in [0.29, 0.717) is 25.7 Å². The molecule has 2 amide bonds. The average Bonchev–Trinajstić information content (AvgIpc) is 2.44. The average molecular weight is 300 g/mol. The van der Waals surface area contributed by atoms with E-state index in [2.05, 4.69) is 10.6 Å². The Kier molecular flexibility index (Phi) is 8.82. The Balaban J connectivity index is 2.12. The maximum Gasteiger partial charge on any atom is 0.315 e. The van der Waals surface area contributed by atoms with Crippen molar-refractivity contribution in [3.8, 4) is 0 Å². The van der Waals surface area contributed by atoms with Crippen LogP contribution in [0.4, 0.5) is 4.79 Å². The predicted octanol–water partition coefficient (Wildman–Crippen LogP) is 2.28. The van der Waals surface area contributed by atoms with Crippen molar-refractivity contribution in [1.82, 2.24) is 10.6 Å². The second-order valence-corrected chi connectivity index (χ2v) is 5.61. The molecule has 6 heteroatoms. The van der Waals surface area contributed by atoms with Gasteiger partial charge in [0.25, 0.3) is 0 Å². The number of hydrogen-bond donors (Lipinski definition) is 3. The fourth-order valence-corrected chi connectivity index (χ4v) is 2.64. The van der Waals surface area contributed by atoms with Gasteiger partial charge in [-0.25, -0.2) is 4.79 Å². The van der Waals surface area contributed by atoms with Crippen molar-refractivity contribution in [1.29, 1.82) is 0 Å². The number of carbonyl (C=O) groups is 2. The highest BCUT2D eigenvalue weighted by atomic mass is 16.5. The summed E-state index contributed by atoms with van der Waals surface area (Å²) in [5.74, 6) is -0.894. The molecular weight excluding hydrogens is 272 g/mol. The maximum absolute atomic E-state index is 11.7. The molecule has 0 aliphatic heterocycles. The van der Waals surface area contributed by atoms with Crippen molar-refractivity contribution in [3.05, 3.63) is 0 Å². The van der Waals surface area contributed by atoms with Gasteiger partial charge in [0.2, 0.25) is 0 Å². The van der Waals surface area contributed by atoms with Crippen molar-refractivity contribution >= 4 is 12.0 Å². The van der Waals surface area contributed by atoms with Crippen molar-refractivity contribution in [2.24, 2.45) is 0 Å². The summed E-state index contributed by atoms with van der Waals surface area (Å²) in [6.45, 7) is 2.93. The summed E-state index contributed by atoms with van der Waals surface area (Å²) in [5.41, 5.74) is 0. The minimum absolute atomic E-state index is 0.0418. The number of carboxylic acid groups (broad SMARTS) is 1. The second-order valence-electron chi connectivity index (χ2n) is 5.61. The Morgan fingerprint density at radius 3 is 2.62 bits per heavy atom. The number of aliphatic carboxylic acids is 1. The van der Waals surface area contributed by atoms with Gasteiger partial charge in [0, 0.05) is 12.6 Å². The summed E-state index contributed by atoms with van der Waals surface area (Å²) in [6, 6.07) is -0.631. The van der Waals surface area contributed by atoms with E-state index in [1.807, 2.05) is 6.92 Å². The third kappa shape index (κ3) is 8.55. The molecule has 1 atom stereocenters. The first-order valence-electron chi connectivity index (χ1n) is 7.99. The quantitative estimate of drug-likeness (QED) is 0.570. The predicted molar refractivity (Wildman–Crippen MR) is 80.3 cm³/mol. The minimum Gasteiger partial charge on any atom is -0.481 e. The molecule has 0 aromatic rings. The lowest BCUT2D eigenvalue weighted by Gasteiger charge is -2.22. The van der Waals surface area contributed by atoms with Crippen LogP contribution in [0.5, 0.6) is 0 Å². The van der Waals surface area contributed by atoms with Gasteiger partial charge in [-0.3, -0.25) is 4.79 Å². The highest BCUT2D eigenvalue weighted by molar-refractivity contribution is 5.75. The van der Waals surface area contributed by atoms with Crippen LogP contribution in [0.25, 0.3) is 0 Å². The molecule has 0 bridgehead atoms. The molecule has 0 aromatic carbocycles. The zero-order valence-electron chi connectivity index (χ0n) is 12.9. The molecule has 21 heavy (non-hydrogen) atoms. The number of ether oxygens (including phenoxy) is 1. The van der Waals surface area contributed by atoms with Gasteiger partial charge < -0.3 is 20.5 Å². The van der Waals surface area contributed by atoms with Crippen LogP contribution in [0.15, 0.2) is 0 Å². The largest absolute Gasteiger partial charge is 0.481 e. The van der Waals surface area contributed by atoms with Gasteiger partial charge >= 0.3 is 12.0 Å². The van der Waals surface area contributed by atoms with Gasteiger partial charge in [0.15, 0.2) is 0 Å². The van der Waals surface area contributed by atoms with Gasteiger partial charge in [-0.15, -0.1) is 0 Å². The first-order valence-corrected chi connectivity index (χ1v) is 7.99. The summed E-state index contributed by atoms with van der Waals surface area (Å²) >= 11 is 0. The molecule has 0 aromatic heterocycles. The van der Waals surface area contributed by atoms with Crippen LogP contribution in [0.3, 0.4) is 0 Å². The number of carboxylic acids is 1. The Bertz CT molecular complexity index is 317. The molecule has 0 heterocycles. The van der Waals surface area contributed by atoms with Gasteiger partial charge in [0.1, 0.15) is 0 Å². The lowest BCUT2D eigenvalue weighted by Crippen LogP contribution is -2.44. The molecule has 1 saturated carbocycles. The van der Waals surface area contributed by atoms with E-state index < -0.39 is 5.97 Å². The van der Waals surface area contributed by atoms with Crippen LogP contribution in [-0.2, 0) is 9.53 Å². The smallest absolute Gasteiger partial charge is 0.315 e. The molecule has 1 rings (SSSR count). The van der Waals surface area contributed by atoms with E-state index >= 15 is 0 Å². The molecule has 0 spiro atoms. The van der Waals surface area contributed by atoms with E-state index in [1.54, 1.807) is 0 Å². The van der Waals surface area contributed by atoms with Crippen LogP contribution >= 0.6 is 0 Å². The van der Waals surface area contributed by atoms with Gasteiger partial charge in [-0.1, -0.05) is 32.6 Å². The lowest BCUT2D eigenvalue weighted by molar-refractivity contribution is -0.137. The molecule has 0 radical (unpaired) electrons. The molecule has 3 N–H and O–H groups in total. The Labute approximate surface area is 126 Å². The van der Waals surface area contributed by atoms with Crippen LogP contribution in [-0.4, -0.2) is 42.4 Å². The zero-order chi connectivity index (χ0) is 15.5. The molecule has 1 aliphatic rings. The molecule has 1 fully saturated rings. The third-order valence-electron chi connectivity index (χ3n) is 3.69. The topological polar surface area (TPSA) is 87.7 Å². The first kappa shape index (κ1) is 17.8. The van der Waals surface area contributed by atoms with Crippen LogP contribution in [0, 0.1) is 0 Å². The third-order valence-corrected chi connectivity index (χ3v) is 3.69. The molecule has 122 valence electrons. The van der Waals surface area contributed by atoms with Crippen LogP contribution in [0.2, 0.25) is 0 Å². The van der Waals surface area contributed by atoms with Crippen molar-refractivity contribution in [2.75, 3.05) is 13.2 Å². The lowest BCUT2D eigenvalue weighted by atomic mass is 9.98. The Morgan fingerprint density at radius 1 is 1.29 bits per heavy atom. The van der Waals surface area contributed by atoms with Crippen molar-refractivity contribution < 1.29 is 19.4 Å². The summed E-state index contributed by atoms with van der Waals surface area (Å²) < 4.78 is 5.71. The van der Waals surface area contributed by atoms with Crippen molar-refractivity contribution in [2.45, 2.75) is 70.4 Å². The summed E-state index contributed by atoms with van der Waals surface area (Å²) in [7, 11) is 0. The fourth-order valence-electron chi connectivity index (χ4n) is 2.64. The van der Waals surface area contributed by atoms with Gasteiger partial charge in [0.05, 0.1) is 19.1 Å². The normalized spacial score (nSPS) is 17.2. The first-order chi connectivity index (χ1) is 10.1. The standard InChI is InChI=1S/C15H28N2O4/c1-2-6-12(11-14(18)19)17-15(20)16-9-10-21-13-7-4-3-5-8-13/h12-13H,2-11H2,1H3,(H,18,19)(H2,16,17,20). The molecule has 0 saturated heterocycles. The highest BCUT2D eigenvalue weighted by Crippen LogP contribution is 2.19. The van der Waals surface area contributed by atoms with E-state index in [0.717, 1.165) is 19.3 Å². The molecule has 1 unspecified atom stereocenters. The number of amides is 2. The molecular formula is C15H28N2O4. The number of urea groups is 1.